The van der Waals surface area contributed by atoms with Gasteiger partial charge in [-0.25, -0.2) is 4.98 Å². The van der Waals surface area contributed by atoms with Gasteiger partial charge in [-0.15, -0.1) is 0 Å². The Hall–Kier alpha value is -2.34. The number of fused-ring (bicyclic) bond motifs is 1. The van der Waals surface area contributed by atoms with Crippen molar-refractivity contribution in [2.24, 2.45) is 5.92 Å². The first-order valence-corrected chi connectivity index (χ1v) is 7.73. The molecule has 5 N–H and O–H groups in total. The highest BCUT2D eigenvalue weighted by Gasteiger charge is 2.44. The summed E-state index contributed by atoms with van der Waals surface area (Å²) < 4.78 is 6.70. The van der Waals surface area contributed by atoms with Gasteiger partial charge in [-0.3, -0.25) is 24.5 Å². The maximum Gasteiger partial charge on any atom is 0.280 e. The number of aromatic amines is 1. The second kappa shape index (κ2) is 6.52. The Bertz CT molecular complexity index is 846. The molecular weight excluding hydrogens is 334 g/mol. The van der Waals surface area contributed by atoms with Crippen molar-refractivity contribution in [3.63, 3.8) is 0 Å². The van der Waals surface area contributed by atoms with Crippen molar-refractivity contribution in [3.8, 4) is 0 Å². The van der Waals surface area contributed by atoms with E-state index in [1.54, 1.807) is 13.8 Å². The zero-order valence-electron chi connectivity index (χ0n) is 13.6. The lowest BCUT2D eigenvalue weighted by Gasteiger charge is -2.16. The van der Waals surface area contributed by atoms with E-state index in [9.17, 15) is 24.9 Å². The Morgan fingerprint density at radius 1 is 1.44 bits per heavy atom. The predicted molar refractivity (Wildman–Crippen MR) is 84.6 cm³/mol. The fourth-order valence-corrected chi connectivity index (χ4v) is 2.54. The lowest BCUT2D eigenvalue weighted by molar-refractivity contribution is -0.118. The molecule has 2 aromatic heterocycles. The van der Waals surface area contributed by atoms with Gasteiger partial charge in [0.1, 0.15) is 18.3 Å². The summed E-state index contributed by atoms with van der Waals surface area (Å²) in [6.45, 7) is 2.90. The number of hydrogen-bond donors (Lipinski definition) is 5. The van der Waals surface area contributed by atoms with Crippen LogP contribution in [-0.2, 0) is 9.53 Å². The summed E-state index contributed by atoms with van der Waals surface area (Å²) in [4.78, 5) is 34.4. The molecule has 0 aliphatic carbocycles. The van der Waals surface area contributed by atoms with E-state index in [0.29, 0.717) is 0 Å². The van der Waals surface area contributed by atoms with Crippen LogP contribution in [0.25, 0.3) is 11.2 Å². The second-order valence-corrected chi connectivity index (χ2v) is 6.11. The molecule has 0 spiro atoms. The number of carbonyl (C=O) groups excluding carboxylic acids is 1. The largest absolute Gasteiger partial charge is 0.394 e. The highest BCUT2D eigenvalue weighted by molar-refractivity contribution is 5.91. The molecule has 11 nitrogen and oxygen atoms in total. The van der Waals surface area contributed by atoms with Crippen molar-refractivity contribution in [1.82, 2.24) is 19.5 Å². The van der Waals surface area contributed by atoms with E-state index in [1.165, 1.54) is 10.9 Å². The molecule has 3 rings (SSSR count). The zero-order valence-corrected chi connectivity index (χ0v) is 13.6. The summed E-state index contributed by atoms with van der Waals surface area (Å²) in [6.07, 6.45) is -3.46. The third kappa shape index (κ3) is 3.02. The van der Waals surface area contributed by atoms with Crippen LogP contribution < -0.4 is 10.9 Å². The van der Waals surface area contributed by atoms with Crippen LogP contribution in [-0.4, -0.2) is 65.7 Å². The minimum atomic E-state index is -1.34. The molecule has 1 aliphatic heterocycles. The standard InChI is InChI=1S/C14H19N5O6/c1-5(2)11(23)17-14-16-10-7(12(24)18-14)15-4-19(10)13-9(22)8(21)6(3-20)25-13/h4-6,8-9,13,20-22H,3H2,1-2H3,(H2,16,17,18,23,24)/t6-,8-,9-,13-/m0/s1. The summed E-state index contributed by atoms with van der Waals surface area (Å²) in [5.74, 6) is -0.711. The van der Waals surface area contributed by atoms with Crippen molar-refractivity contribution in [1.29, 1.82) is 0 Å². The predicted octanol–water partition coefficient (Wildman–Crippen LogP) is -1.67. The molecule has 1 saturated heterocycles. The molecule has 1 amide bonds. The van der Waals surface area contributed by atoms with Gasteiger partial charge in [0.15, 0.2) is 17.4 Å². The van der Waals surface area contributed by atoms with Gasteiger partial charge in [0.25, 0.3) is 5.56 Å². The number of nitrogens with one attached hydrogen (secondary N) is 2. The van der Waals surface area contributed by atoms with E-state index in [0.717, 1.165) is 0 Å². The highest BCUT2D eigenvalue weighted by atomic mass is 16.6. The van der Waals surface area contributed by atoms with Gasteiger partial charge in [-0.1, -0.05) is 13.8 Å². The average molecular weight is 353 g/mol. The summed E-state index contributed by atoms with van der Waals surface area (Å²) in [6, 6.07) is 0. The maximum absolute atomic E-state index is 12.1. The van der Waals surface area contributed by atoms with Gasteiger partial charge in [-0.05, 0) is 0 Å². The number of imidazole rings is 1. The van der Waals surface area contributed by atoms with Crippen LogP contribution in [0.15, 0.2) is 11.1 Å². The SMILES string of the molecule is CC(C)C(=O)Nc1nc2c(ncn2[C@H]2O[C@@H](CO)[C@H](O)[C@@H]2O)c(=O)[nH]1. The molecule has 1 aliphatic rings. The summed E-state index contributed by atoms with van der Waals surface area (Å²) in [5.41, 5.74) is -0.521. The van der Waals surface area contributed by atoms with E-state index in [1.807, 2.05) is 0 Å². The molecular formula is C14H19N5O6. The normalized spacial score (nSPS) is 26.5. The summed E-state index contributed by atoms with van der Waals surface area (Å²) in [7, 11) is 0. The lowest BCUT2D eigenvalue weighted by Crippen LogP contribution is -2.33. The lowest BCUT2D eigenvalue weighted by atomic mass is 10.1. The van der Waals surface area contributed by atoms with E-state index >= 15 is 0 Å². The number of carbonyl (C=O) groups is 1. The number of H-pyrrole nitrogens is 1. The molecule has 3 heterocycles. The van der Waals surface area contributed by atoms with E-state index in [4.69, 9.17) is 4.74 Å². The average Bonchev–Trinajstić information content (AvgIpc) is 3.10. The van der Waals surface area contributed by atoms with E-state index in [2.05, 4.69) is 20.3 Å². The molecule has 0 saturated carbocycles. The van der Waals surface area contributed by atoms with Gasteiger partial charge < -0.3 is 20.1 Å². The number of hydrogen-bond acceptors (Lipinski definition) is 8. The van der Waals surface area contributed by atoms with Crippen molar-refractivity contribution in [2.45, 2.75) is 38.4 Å². The smallest absolute Gasteiger partial charge is 0.280 e. The fraction of sp³-hybridized carbons (Fsp3) is 0.571. The Balaban J connectivity index is 2.01. The van der Waals surface area contributed by atoms with Crippen LogP contribution >= 0.6 is 0 Å². The number of aliphatic hydroxyl groups is 3. The number of nitrogens with zero attached hydrogens (tertiary/aromatic N) is 3. The fourth-order valence-electron chi connectivity index (χ4n) is 2.54. The molecule has 1 fully saturated rings. The van der Waals surface area contributed by atoms with Crippen LogP contribution in [0.2, 0.25) is 0 Å². The zero-order chi connectivity index (χ0) is 18.3. The third-order valence-electron chi connectivity index (χ3n) is 3.99. The van der Waals surface area contributed by atoms with Crippen LogP contribution in [0.3, 0.4) is 0 Å². The number of ether oxygens (including phenoxy) is 1. The minimum Gasteiger partial charge on any atom is -0.394 e. The van der Waals surface area contributed by atoms with Gasteiger partial charge in [0.05, 0.1) is 12.9 Å². The third-order valence-corrected chi connectivity index (χ3v) is 3.99. The molecule has 4 atom stereocenters. The second-order valence-electron chi connectivity index (χ2n) is 6.11. The molecule has 0 bridgehead atoms. The molecule has 2 aromatic rings. The first kappa shape index (κ1) is 17.5. The highest BCUT2D eigenvalue weighted by Crippen LogP contribution is 2.30. The van der Waals surface area contributed by atoms with Gasteiger partial charge in [0.2, 0.25) is 11.9 Å². The quantitative estimate of drug-likeness (QED) is 0.435. The number of anilines is 1. The monoisotopic (exact) mass is 353 g/mol. The Morgan fingerprint density at radius 3 is 2.76 bits per heavy atom. The first-order valence-electron chi connectivity index (χ1n) is 7.73. The first-order chi connectivity index (χ1) is 11.8. The van der Waals surface area contributed by atoms with E-state index in [-0.39, 0.29) is 28.9 Å². The van der Waals surface area contributed by atoms with Crippen molar-refractivity contribution in [3.05, 3.63) is 16.7 Å². The summed E-state index contributed by atoms with van der Waals surface area (Å²) in [5, 5.41) is 31.7. The number of amides is 1. The Kier molecular flexibility index (Phi) is 4.56. The van der Waals surface area contributed by atoms with Crippen LogP contribution in [0, 0.1) is 5.92 Å². The van der Waals surface area contributed by atoms with Crippen molar-refractivity contribution < 1.29 is 24.9 Å². The number of aromatic nitrogens is 4. The van der Waals surface area contributed by atoms with Gasteiger partial charge >= 0.3 is 0 Å². The molecule has 0 radical (unpaired) electrons. The van der Waals surface area contributed by atoms with Gasteiger partial charge in [0, 0.05) is 5.92 Å². The van der Waals surface area contributed by atoms with E-state index < -0.39 is 36.7 Å². The molecule has 25 heavy (non-hydrogen) atoms. The number of rotatable bonds is 4. The minimum absolute atomic E-state index is 0.0136. The maximum atomic E-state index is 12.1. The number of aliphatic hydroxyl groups excluding tert-OH is 3. The molecule has 136 valence electrons. The van der Waals surface area contributed by atoms with Crippen molar-refractivity contribution >= 4 is 23.0 Å². The molecule has 0 aromatic carbocycles. The van der Waals surface area contributed by atoms with Gasteiger partial charge in [-0.2, -0.15) is 4.98 Å². The molecule has 11 heteroatoms. The summed E-state index contributed by atoms with van der Waals surface area (Å²) >= 11 is 0. The van der Waals surface area contributed by atoms with Crippen molar-refractivity contribution in [2.75, 3.05) is 11.9 Å². The topological polar surface area (TPSA) is 163 Å². The van der Waals surface area contributed by atoms with Crippen LogP contribution in [0.1, 0.15) is 20.1 Å². The Labute approximate surface area is 141 Å². The Morgan fingerprint density at radius 2 is 2.16 bits per heavy atom. The van der Waals surface area contributed by atoms with Crippen LogP contribution in [0.4, 0.5) is 5.95 Å². The van der Waals surface area contributed by atoms with Crippen LogP contribution in [0.5, 0.6) is 0 Å². The molecule has 0 unspecified atom stereocenters.